The molecule has 2 N–H and O–H groups in total. The number of rotatable bonds is 8. The predicted molar refractivity (Wildman–Crippen MR) is 117 cm³/mol. The molecule has 1 heterocycles. The fraction of sp³-hybridized carbons (Fsp3) is 0.417. The van der Waals surface area contributed by atoms with E-state index in [1.807, 2.05) is 6.07 Å². The molecule has 2 amide bonds. The third-order valence-electron chi connectivity index (χ3n) is 5.61. The highest BCUT2D eigenvalue weighted by Gasteiger charge is 2.31. The average Bonchev–Trinajstić information content (AvgIpc) is 2.76. The van der Waals surface area contributed by atoms with Crippen LogP contribution in [0, 0.1) is 0 Å². The molecule has 0 bridgehead atoms. The average molecular weight is 427 g/mol. The first-order valence-electron chi connectivity index (χ1n) is 10.6. The highest BCUT2D eigenvalue weighted by Crippen LogP contribution is 2.28. The number of aromatic hydroxyl groups is 2. The Bertz CT molecular complexity index is 913. The first-order chi connectivity index (χ1) is 14.9. The van der Waals surface area contributed by atoms with Crippen LogP contribution in [0.4, 0.5) is 0 Å². The second-order valence-corrected chi connectivity index (χ2v) is 7.97. The van der Waals surface area contributed by atoms with Gasteiger partial charge in [-0.15, -0.1) is 0 Å². The van der Waals surface area contributed by atoms with Gasteiger partial charge in [-0.3, -0.25) is 9.59 Å². The molecule has 0 fully saturated rings. The third-order valence-corrected chi connectivity index (χ3v) is 5.61. The Kier molecular flexibility index (Phi) is 7.52. The summed E-state index contributed by atoms with van der Waals surface area (Å²) in [7, 11) is 1.77. The van der Waals surface area contributed by atoms with Crippen molar-refractivity contribution in [2.45, 2.75) is 38.8 Å². The van der Waals surface area contributed by atoms with Crippen LogP contribution in [0.3, 0.4) is 0 Å². The number of hydrogen-bond acceptors (Lipinski definition) is 5. The monoisotopic (exact) mass is 426 g/mol. The van der Waals surface area contributed by atoms with Crippen molar-refractivity contribution in [2.24, 2.45) is 0 Å². The number of hydrogen-bond donors (Lipinski definition) is 2. The summed E-state index contributed by atoms with van der Waals surface area (Å²) in [6.45, 7) is 3.33. The molecule has 0 aliphatic carbocycles. The summed E-state index contributed by atoms with van der Waals surface area (Å²) in [6.07, 6.45) is 2.48. The fourth-order valence-electron chi connectivity index (χ4n) is 3.70. The topological polar surface area (TPSA) is 90.3 Å². The van der Waals surface area contributed by atoms with E-state index in [1.165, 1.54) is 12.1 Å². The number of likely N-dealkylation sites (N-methyl/N-ethyl adjacent to an activating group) is 1. The first kappa shape index (κ1) is 22.6. The molecule has 1 aliphatic heterocycles. The maximum Gasteiger partial charge on any atom is 0.254 e. The fourth-order valence-corrected chi connectivity index (χ4v) is 3.70. The van der Waals surface area contributed by atoms with Crippen LogP contribution in [0.25, 0.3) is 0 Å². The number of carbonyl (C=O) groups is 2. The molecule has 7 heteroatoms. The van der Waals surface area contributed by atoms with E-state index >= 15 is 0 Å². The van der Waals surface area contributed by atoms with Crippen LogP contribution in [-0.2, 0) is 22.5 Å². The van der Waals surface area contributed by atoms with Gasteiger partial charge < -0.3 is 24.7 Å². The van der Waals surface area contributed by atoms with Gasteiger partial charge in [0.15, 0.2) is 0 Å². The lowest BCUT2D eigenvalue weighted by atomic mass is 9.93. The SMILES string of the molecule is CCCCN(C)C(=O)COCC1Cc2cc(O)ccc2CN1C(=O)c1ccc(O)cc1. The second-order valence-electron chi connectivity index (χ2n) is 7.97. The summed E-state index contributed by atoms with van der Waals surface area (Å²) in [5, 5.41) is 19.4. The van der Waals surface area contributed by atoms with E-state index in [9.17, 15) is 19.8 Å². The van der Waals surface area contributed by atoms with Crippen LogP contribution in [0.1, 0.15) is 41.3 Å². The molecule has 2 aromatic rings. The van der Waals surface area contributed by atoms with Gasteiger partial charge in [0.25, 0.3) is 5.91 Å². The number of phenols is 2. The van der Waals surface area contributed by atoms with Crippen molar-refractivity contribution in [1.82, 2.24) is 9.80 Å². The van der Waals surface area contributed by atoms with Crippen molar-refractivity contribution < 1.29 is 24.5 Å². The van der Waals surface area contributed by atoms with E-state index in [2.05, 4.69) is 6.92 Å². The maximum atomic E-state index is 13.2. The van der Waals surface area contributed by atoms with Gasteiger partial charge in [0.2, 0.25) is 5.91 Å². The quantitative estimate of drug-likeness (QED) is 0.677. The molecular weight excluding hydrogens is 396 g/mol. The summed E-state index contributed by atoms with van der Waals surface area (Å²) in [6, 6.07) is 11.0. The van der Waals surface area contributed by atoms with Gasteiger partial charge in [0, 0.05) is 25.7 Å². The van der Waals surface area contributed by atoms with E-state index in [0.717, 1.165) is 24.0 Å². The molecule has 0 spiro atoms. The zero-order chi connectivity index (χ0) is 22.4. The molecule has 7 nitrogen and oxygen atoms in total. The summed E-state index contributed by atoms with van der Waals surface area (Å²) in [5.74, 6) is 0.0310. The molecule has 1 aliphatic rings. The second kappa shape index (κ2) is 10.3. The minimum Gasteiger partial charge on any atom is -0.508 e. The third kappa shape index (κ3) is 5.76. The van der Waals surface area contributed by atoms with Crippen molar-refractivity contribution in [2.75, 3.05) is 26.8 Å². The van der Waals surface area contributed by atoms with E-state index in [-0.39, 0.29) is 42.6 Å². The van der Waals surface area contributed by atoms with Gasteiger partial charge in [-0.25, -0.2) is 0 Å². The van der Waals surface area contributed by atoms with E-state index < -0.39 is 0 Å². The molecule has 2 aromatic carbocycles. The lowest BCUT2D eigenvalue weighted by Crippen LogP contribution is -2.47. The zero-order valence-electron chi connectivity index (χ0n) is 18.1. The highest BCUT2D eigenvalue weighted by molar-refractivity contribution is 5.94. The van der Waals surface area contributed by atoms with Crippen molar-refractivity contribution in [3.63, 3.8) is 0 Å². The van der Waals surface area contributed by atoms with Crippen LogP contribution in [0.2, 0.25) is 0 Å². The predicted octanol–water partition coefficient (Wildman–Crippen LogP) is 2.94. The zero-order valence-corrected chi connectivity index (χ0v) is 18.1. The first-order valence-corrected chi connectivity index (χ1v) is 10.6. The van der Waals surface area contributed by atoms with Crippen molar-refractivity contribution in [1.29, 1.82) is 0 Å². The van der Waals surface area contributed by atoms with Crippen LogP contribution in [0.15, 0.2) is 42.5 Å². The molecule has 1 unspecified atom stereocenters. The molecule has 0 radical (unpaired) electrons. The standard InChI is InChI=1S/C24H30N2O5/c1-3-4-11-25(2)23(29)16-31-15-20-12-19-13-22(28)10-7-18(19)14-26(20)24(30)17-5-8-21(27)9-6-17/h5-10,13,20,27-28H,3-4,11-12,14-16H2,1-2H3. The Labute approximate surface area is 182 Å². The van der Waals surface area contributed by atoms with Gasteiger partial charge >= 0.3 is 0 Å². The van der Waals surface area contributed by atoms with Crippen LogP contribution < -0.4 is 0 Å². The number of fused-ring (bicyclic) bond motifs is 1. The van der Waals surface area contributed by atoms with Crippen LogP contribution in [-0.4, -0.2) is 64.7 Å². The number of amides is 2. The number of benzene rings is 2. The largest absolute Gasteiger partial charge is 0.508 e. The number of phenolic OH excluding ortho intramolecular Hbond substituents is 2. The lowest BCUT2D eigenvalue weighted by Gasteiger charge is -2.37. The minimum atomic E-state index is -0.274. The Morgan fingerprint density at radius 3 is 2.52 bits per heavy atom. The van der Waals surface area contributed by atoms with Crippen LogP contribution in [0.5, 0.6) is 11.5 Å². The Morgan fingerprint density at radius 1 is 1.10 bits per heavy atom. The molecular formula is C24H30N2O5. The maximum absolute atomic E-state index is 13.2. The Hall–Kier alpha value is -3.06. The van der Waals surface area contributed by atoms with Crippen molar-refractivity contribution in [3.05, 3.63) is 59.2 Å². The Morgan fingerprint density at radius 2 is 1.81 bits per heavy atom. The van der Waals surface area contributed by atoms with Crippen LogP contribution >= 0.6 is 0 Å². The van der Waals surface area contributed by atoms with Gasteiger partial charge in [-0.1, -0.05) is 19.4 Å². The smallest absolute Gasteiger partial charge is 0.254 e. The highest BCUT2D eigenvalue weighted by atomic mass is 16.5. The summed E-state index contributed by atoms with van der Waals surface area (Å²) in [5.41, 5.74) is 2.41. The molecule has 3 rings (SSSR count). The molecule has 0 saturated heterocycles. The molecule has 0 aromatic heterocycles. The normalized spacial score (nSPS) is 15.4. The number of ether oxygens (including phenoxy) is 1. The summed E-state index contributed by atoms with van der Waals surface area (Å²) >= 11 is 0. The number of nitrogens with zero attached hydrogens (tertiary/aromatic N) is 2. The van der Waals surface area contributed by atoms with Crippen molar-refractivity contribution in [3.8, 4) is 11.5 Å². The Balaban J connectivity index is 1.72. The lowest BCUT2D eigenvalue weighted by molar-refractivity contribution is -0.135. The van der Waals surface area contributed by atoms with E-state index in [4.69, 9.17) is 4.74 Å². The van der Waals surface area contributed by atoms with Gasteiger partial charge in [0.1, 0.15) is 18.1 Å². The number of carbonyl (C=O) groups excluding carboxylic acids is 2. The summed E-state index contributed by atoms with van der Waals surface area (Å²) < 4.78 is 5.73. The molecule has 1 atom stereocenters. The van der Waals surface area contributed by atoms with E-state index in [1.54, 1.807) is 41.1 Å². The van der Waals surface area contributed by atoms with Gasteiger partial charge in [0.05, 0.1) is 12.6 Å². The van der Waals surface area contributed by atoms with E-state index in [0.29, 0.717) is 25.1 Å². The van der Waals surface area contributed by atoms with Gasteiger partial charge in [-0.05, 0) is 60.4 Å². The summed E-state index contributed by atoms with van der Waals surface area (Å²) in [4.78, 5) is 28.8. The number of unbranched alkanes of at least 4 members (excludes halogenated alkanes) is 1. The minimum absolute atomic E-state index is 0.0369. The molecule has 166 valence electrons. The van der Waals surface area contributed by atoms with Crippen molar-refractivity contribution >= 4 is 11.8 Å². The molecule has 31 heavy (non-hydrogen) atoms. The molecule has 0 saturated carbocycles. The van der Waals surface area contributed by atoms with Gasteiger partial charge in [-0.2, -0.15) is 0 Å².